The fourth-order valence-electron chi connectivity index (χ4n) is 2.58. The number of aliphatic hydroxyl groups excluding tert-OH is 2. The van der Waals surface area contributed by atoms with Crippen LogP contribution in [0.25, 0.3) is 0 Å². The van der Waals surface area contributed by atoms with E-state index >= 15 is 0 Å². The van der Waals surface area contributed by atoms with Crippen molar-refractivity contribution >= 4 is 6.03 Å². The number of ether oxygens (including phenoxy) is 1. The minimum Gasteiger partial charge on any atom is -0.390 e. The lowest BCUT2D eigenvalue weighted by atomic mass is 10.2. The first kappa shape index (κ1) is 10.3. The van der Waals surface area contributed by atoms with Crippen LogP contribution in [0.3, 0.4) is 0 Å². The van der Waals surface area contributed by atoms with Gasteiger partial charge in [0.05, 0.1) is 11.7 Å². The molecule has 90 valence electrons. The highest BCUT2D eigenvalue weighted by Crippen LogP contribution is 2.50. The van der Waals surface area contributed by atoms with E-state index in [-0.39, 0.29) is 24.0 Å². The molecule has 1 aliphatic carbocycles. The average molecular weight is 228 g/mol. The maximum Gasteiger partial charge on any atom is 0.321 e. The van der Waals surface area contributed by atoms with Gasteiger partial charge in [-0.1, -0.05) is 0 Å². The SMILES string of the molecule is O=C1N[C@H](O)CCN1[C@H]1CCC2(CC2O)O1. The topological polar surface area (TPSA) is 82.0 Å². The molecule has 6 heteroatoms. The van der Waals surface area contributed by atoms with Crippen molar-refractivity contribution in [1.82, 2.24) is 10.2 Å². The standard InChI is InChI=1S/C10H16N2O4/c13-6-5-10(6)3-1-8(16-10)12-4-2-7(14)11-9(12)15/h6-8,13-14H,1-5H2,(H,11,15)/t6?,7-,8-,10?/m1/s1. The second-order valence-electron chi connectivity index (χ2n) is 4.84. The first-order valence-electron chi connectivity index (χ1n) is 5.72. The molecule has 2 amide bonds. The predicted molar refractivity (Wildman–Crippen MR) is 53.3 cm³/mol. The van der Waals surface area contributed by atoms with Crippen molar-refractivity contribution in [1.29, 1.82) is 0 Å². The molecule has 0 radical (unpaired) electrons. The zero-order valence-corrected chi connectivity index (χ0v) is 8.93. The van der Waals surface area contributed by atoms with Crippen molar-refractivity contribution in [2.45, 2.75) is 49.8 Å². The largest absolute Gasteiger partial charge is 0.390 e. The number of amides is 2. The van der Waals surface area contributed by atoms with Gasteiger partial charge < -0.3 is 20.3 Å². The molecule has 1 saturated carbocycles. The van der Waals surface area contributed by atoms with E-state index in [1.807, 2.05) is 0 Å². The highest BCUT2D eigenvalue weighted by Gasteiger charge is 2.60. The summed E-state index contributed by atoms with van der Waals surface area (Å²) < 4.78 is 5.75. The zero-order chi connectivity index (χ0) is 11.3. The Bertz CT molecular complexity index is 324. The summed E-state index contributed by atoms with van der Waals surface area (Å²) in [5.41, 5.74) is -0.374. The second-order valence-corrected chi connectivity index (χ2v) is 4.84. The Morgan fingerprint density at radius 3 is 2.75 bits per heavy atom. The quantitative estimate of drug-likeness (QED) is 0.557. The Hall–Kier alpha value is -0.850. The summed E-state index contributed by atoms with van der Waals surface area (Å²) in [4.78, 5) is 13.2. The summed E-state index contributed by atoms with van der Waals surface area (Å²) in [7, 11) is 0. The van der Waals surface area contributed by atoms with E-state index in [9.17, 15) is 15.0 Å². The average Bonchev–Trinajstić information content (AvgIpc) is 2.68. The van der Waals surface area contributed by atoms with Crippen LogP contribution in [-0.4, -0.2) is 51.8 Å². The number of nitrogens with zero attached hydrogens (tertiary/aromatic N) is 1. The van der Waals surface area contributed by atoms with Crippen LogP contribution in [0.1, 0.15) is 25.7 Å². The van der Waals surface area contributed by atoms with Gasteiger partial charge in [-0.25, -0.2) is 4.79 Å². The van der Waals surface area contributed by atoms with E-state index in [0.29, 0.717) is 19.4 Å². The van der Waals surface area contributed by atoms with Gasteiger partial charge >= 0.3 is 6.03 Å². The Morgan fingerprint density at radius 1 is 1.44 bits per heavy atom. The minimum atomic E-state index is -0.745. The van der Waals surface area contributed by atoms with Crippen LogP contribution in [0.15, 0.2) is 0 Å². The third-order valence-corrected chi connectivity index (χ3v) is 3.71. The van der Waals surface area contributed by atoms with Crippen molar-refractivity contribution in [2.24, 2.45) is 0 Å². The lowest BCUT2D eigenvalue weighted by Gasteiger charge is -2.34. The molecule has 4 atom stereocenters. The Labute approximate surface area is 93.2 Å². The third kappa shape index (κ3) is 1.49. The van der Waals surface area contributed by atoms with Crippen LogP contribution < -0.4 is 5.32 Å². The molecule has 3 rings (SSSR count). The normalized spacial score (nSPS) is 47.2. The molecule has 3 aliphatic rings. The molecule has 2 saturated heterocycles. The van der Waals surface area contributed by atoms with Gasteiger partial charge in [-0.15, -0.1) is 0 Å². The molecular weight excluding hydrogens is 212 g/mol. The highest BCUT2D eigenvalue weighted by molar-refractivity contribution is 5.75. The lowest BCUT2D eigenvalue weighted by Crippen LogP contribution is -2.55. The number of rotatable bonds is 1. The van der Waals surface area contributed by atoms with E-state index < -0.39 is 6.23 Å². The van der Waals surface area contributed by atoms with Crippen LogP contribution in [0, 0.1) is 0 Å². The molecule has 0 aromatic rings. The predicted octanol–water partition coefficient (Wildman–Crippen LogP) is -0.640. The molecule has 0 aromatic heterocycles. The van der Waals surface area contributed by atoms with E-state index in [2.05, 4.69) is 5.32 Å². The molecule has 16 heavy (non-hydrogen) atoms. The second kappa shape index (κ2) is 3.32. The fraction of sp³-hybridized carbons (Fsp3) is 0.900. The fourth-order valence-corrected chi connectivity index (χ4v) is 2.58. The van der Waals surface area contributed by atoms with Crippen molar-refractivity contribution in [3.05, 3.63) is 0 Å². The molecule has 2 heterocycles. The van der Waals surface area contributed by atoms with Crippen LogP contribution in [-0.2, 0) is 4.74 Å². The molecule has 3 fully saturated rings. The van der Waals surface area contributed by atoms with Crippen LogP contribution in [0.4, 0.5) is 4.79 Å². The Balaban J connectivity index is 1.64. The van der Waals surface area contributed by atoms with E-state index in [4.69, 9.17) is 4.74 Å². The van der Waals surface area contributed by atoms with Gasteiger partial charge in [0, 0.05) is 19.4 Å². The number of carbonyl (C=O) groups is 1. The molecule has 2 unspecified atom stereocenters. The molecule has 0 aromatic carbocycles. The van der Waals surface area contributed by atoms with Gasteiger partial charge in [0.25, 0.3) is 0 Å². The molecule has 1 spiro atoms. The first-order valence-corrected chi connectivity index (χ1v) is 5.72. The van der Waals surface area contributed by atoms with Crippen molar-refractivity contribution in [3.8, 4) is 0 Å². The summed E-state index contributed by atoms with van der Waals surface area (Å²) in [5, 5.41) is 21.2. The van der Waals surface area contributed by atoms with E-state index in [0.717, 1.165) is 12.8 Å². The van der Waals surface area contributed by atoms with Gasteiger partial charge in [0.15, 0.2) is 0 Å². The number of hydrogen-bond acceptors (Lipinski definition) is 4. The monoisotopic (exact) mass is 228 g/mol. The summed E-state index contributed by atoms with van der Waals surface area (Å²) in [6.07, 6.45) is 1.42. The summed E-state index contributed by atoms with van der Waals surface area (Å²) in [6, 6.07) is -0.282. The molecule has 3 N–H and O–H groups in total. The molecule has 6 nitrogen and oxygen atoms in total. The molecular formula is C10H16N2O4. The van der Waals surface area contributed by atoms with Crippen molar-refractivity contribution < 1.29 is 19.7 Å². The van der Waals surface area contributed by atoms with Crippen LogP contribution in [0.5, 0.6) is 0 Å². The summed E-state index contributed by atoms with van der Waals surface area (Å²) in [6.45, 7) is 0.504. The number of aliphatic hydroxyl groups is 2. The maximum atomic E-state index is 11.6. The number of carbonyl (C=O) groups excluding carboxylic acids is 1. The molecule has 0 bridgehead atoms. The van der Waals surface area contributed by atoms with E-state index in [1.54, 1.807) is 4.90 Å². The first-order chi connectivity index (χ1) is 7.61. The smallest absolute Gasteiger partial charge is 0.321 e. The highest BCUT2D eigenvalue weighted by atomic mass is 16.6. The van der Waals surface area contributed by atoms with Gasteiger partial charge in [-0.05, 0) is 12.8 Å². The third-order valence-electron chi connectivity index (χ3n) is 3.71. The zero-order valence-electron chi connectivity index (χ0n) is 8.93. The van der Waals surface area contributed by atoms with Crippen LogP contribution in [0.2, 0.25) is 0 Å². The van der Waals surface area contributed by atoms with Gasteiger partial charge in [0.1, 0.15) is 12.5 Å². The lowest BCUT2D eigenvalue weighted by molar-refractivity contribution is -0.0717. The van der Waals surface area contributed by atoms with Crippen molar-refractivity contribution in [2.75, 3.05) is 6.54 Å². The summed E-state index contributed by atoms with van der Waals surface area (Å²) in [5.74, 6) is 0. The maximum absolute atomic E-state index is 11.6. The Kier molecular flexibility index (Phi) is 2.14. The number of nitrogens with one attached hydrogen (secondary N) is 1. The molecule has 2 aliphatic heterocycles. The number of hydrogen-bond donors (Lipinski definition) is 3. The van der Waals surface area contributed by atoms with Crippen LogP contribution >= 0.6 is 0 Å². The van der Waals surface area contributed by atoms with Gasteiger partial charge in [-0.2, -0.15) is 0 Å². The van der Waals surface area contributed by atoms with Gasteiger partial charge in [0.2, 0.25) is 0 Å². The van der Waals surface area contributed by atoms with Crippen molar-refractivity contribution in [3.63, 3.8) is 0 Å². The van der Waals surface area contributed by atoms with Gasteiger partial charge in [-0.3, -0.25) is 4.90 Å². The number of urea groups is 1. The summed E-state index contributed by atoms with van der Waals surface area (Å²) >= 11 is 0. The Morgan fingerprint density at radius 2 is 2.19 bits per heavy atom. The van der Waals surface area contributed by atoms with E-state index in [1.165, 1.54) is 0 Å². The minimum absolute atomic E-state index is 0.246.